The quantitative estimate of drug-likeness (QED) is 0.547. The molecule has 146 valence electrons. The van der Waals surface area contributed by atoms with Crippen LogP contribution in [-0.4, -0.2) is 15.9 Å². The Morgan fingerprint density at radius 3 is 2.69 bits per heavy atom. The Balaban J connectivity index is 1.46. The van der Waals surface area contributed by atoms with Crippen LogP contribution in [0.3, 0.4) is 0 Å². The van der Waals surface area contributed by atoms with Crippen molar-refractivity contribution in [3.05, 3.63) is 87.5 Å². The van der Waals surface area contributed by atoms with E-state index in [1.54, 1.807) is 13.0 Å². The number of aromatic nitrogens is 2. The maximum absolute atomic E-state index is 12.4. The minimum Gasteiger partial charge on any atom is -0.441 e. The average molecular weight is 387 g/mol. The van der Waals surface area contributed by atoms with Gasteiger partial charge in [0, 0.05) is 23.2 Å². The summed E-state index contributed by atoms with van der Waals surface area (Å²) in [7, 11) is 0. The first-order valence-electron chi connectivity index (χ1n) is 9.41. The Morgan fingerprint density at radius 2 is 1.86 bits per heavy atom. The maximum atomic E-state index is 12.4. The lowest BCUT2D eigenvalue weighted by Gasteiger charge is -2.05. The number of para-hydroxylation sites is 1. The second-order valence-corrected chi connectivity index (χ2v) is 7.00. The number of carbonyl (C=O) groups excluding carboxylic acids is 1. The number of fused-ring (bicyclic) bond motifs is 1. The van der Waals surface area contributed by atoms with Gasteiger partial charge in [-0.15, -0.1) is 0 Å². The number of oxazole rings is 1. The number of nitrogens with zero attached hydrogens (tertiary/aromatic N) is 1. The number of rotatable bonds is 5. The topological polar surface area (TPSA) is 88.0 Å². The molecule has 0 radical (unpaired) electrons. The second-order valence-electron chi connectivity index (χ2n) is 7.00. The summed E-state index contributed by atoms with van der Waals surface area (Å²) in [5, 5.41) is 3.72. The summed E-state index contributed by atoms with van der Waals surface area (Å²) in [4.78, 5) is 32.0. The third kappa shape index (κ3) is 3.96. The van der Waals surface area contributed by atoms with E-state index in [9.17, 15) is 9.59 Å². The summed E-state index contributed by atoms with van der Waals surface area (Å²) >= 11 is 0. The molecule has 1 amide bonds. The first kappa shape index (κ1) is 18.7. The minimum absolute atomic E-state index is 0.0900. The zero-order chi connectivity index (χ0) is 20.4. The normalized spacial score (nSPS) is 11.0. The fourth-order valence-electron chi connectivity index (χ4n) is 3.25. The molecule has 2 heterocycles. The molecule has 0 saturated heterocycles. The standard InChI is InChI=1S/C23H21N3O3/c1-14-7-3-5-9-18(14)23-26-20(15(2)29-23)12-21(27)24-13-17-11-16-8-4-6-10-19(16)25-22(17)28/h3-11H,12-13H2,1-2H3,(H,24,27)(H,25,28). The van der Waals surface area contributed by atoms with E-state index in [0.29, 0.717) is 22.9 Å². The number of aryl methyl sites for hydroxylation is 2. The molecule has 0 fully saturated rings. The van der Waals surface area contributed by atoms with Gasteiger partial charge in [0.1, 0.15) is 5.76 Å². The molecule has 0 spiro atoms. The predicted molar refractivity (Wildman–Crippen MR) is 112 cm³/mol. The van der Waals surface area contributed by atoms with Gasteiger partial charge in [-0.1, -0.05) is 36.4 Å². The highest BCUT2D eigenvalue weighted by atomic mass is 16.4. The number of nitrogens with one attached hydrogen (secondary N) is 2. The molecular weight excluding hydrogens is 366 g/mol. The van der Waals surface area contributed by atoms with Crippen LogP contribution in [0.15, 0.2) is 63.8 Å². The molecular formula is C23H21N3O3. The molecule has 0 saturated carbocycles. The number of aromatic amines is 1. The summed E-state index contributed by atoms with van der Waals surface area (Å²) in [6, 6.07) is 17.1. The van der Waals surface area contributed by atoms with Crippen LogP contribution < -0.4 is 10.9 Å². The van der Waals surface area contributed by atoms with E-state index in [2.05, 4.69) is 15.3 Å². The number of hydrogen-bond acceptors (Lipinski definition) is 4. The molecule has 0 unspecified atom stereocenters. The molecule has 0 aliphatic carbocycles. The molecule has 6 heteroatoms. The van der Waals surface area contributed by atoms with Gasteiger partial charge in [-0.25, -0.2) is 4.98 Å². The Morgan fingerprint density at radius 1 is 1.10 bits per heavy atom. The minimum atomic E-state index is -0.217. The van der Waals surface area contributed by atoms with Gasteiger partial charge in [-0.2, -0.15) is 0 Å². The van der Waals surface area contributed by atoms with Crippen LogP contribution in [-0.2, 0) is 17.8 Å². The van der Waals surface area contributed by atoms with Crippen LogP contribution in [0.25, 0.3) is 22.4 Å². The molecule has 6 nitrogen and oxygen atoms in total. The van der Waals surface area contributed by atoms with Crippen LogP contribution in [0.1, 0.15) is 22.6 Å². The lowest BCUT2D eigenvalue weighted by atomic mass is 10.1. The SMILES string of the molecule is Cc1ccccc1-c1nc(CC(=O)NCc2cc3ccccc3[nH]c2=O)c(C)o1. The smallest absolute Gasteiger partial charge is 0.253 e. The van der Waals surface area contributed by atoms with E-state index < -0.39 is 0 Å². The van der Waals surface area contributed by atoms with Crippen molar-refractivity contribution in [3.63, 3.8) is 0 Å². The summed E-state index contributed by atoms with van der Waals surface area (Å²) < 4.78 is 5.77. The number of amides is 1. The zero-order valence-corrected chi connectivity index (χ0v) is 16.3. The molecule has 0 atom stereocenters. The Kier molecular flexibility index (Phi) is 4.99. The molecule has 2 aromatic carbocycles. The number of H-pyrrole nitrogens is 1. The lowest BCUT2D eigenvalue weighted by Crippen LogP contribution is -2.28. The summed E-state index contributed by atoms with van der Waals surface area (Å²) in [5.41, 5.74) is 3.63. The fourth-order valence-corrected chi connectivity index (χ4v) is 3.25. The highest BCUT2D eigenvalue weighted by Crippen LogP contribution is 2.24. The van der Waals surface area contributed by atoms with Crippen LogP contribution in [0.2, 0.25) is 0 Å². The van der Waals surface area contributed by atoms with Crippen LogP contribution >= 0.6 is 0 Å². The number of benzene rings is 2. The summed E-state index contributed by atoms with van der Waals surface area (Å²) in [6.45, 7) is 3.94. The summed E-state index contributed by atoms with van der Waals surface area (Å²) in [5.74, 6) is 0.904. The Bertz CT molecular complexity index is 1250. The fraction of sp³-hybridized carbons (Fsp3) is 0.174. The maximum Gasteiger partial charge on any atom is 0.253 e. The van der Waals surface area contributed by atoms with E-state index in [-0.39, 0.29) is 24.4 Å². The molecule has 4 rings (SSSR count). The van der Waals surface area contributed by atoms with Crippen molar-refractivity contribution >= 4 is 16.8 Å². The van der Waals surface area contributed by atoms with Crippen LogP contribution in [0.4, 0.5) is 0 Å². The Hall–Kier alpha value is -3.67. The van der Waals surface area contributed by atoms with Gasteiger partial charge in [-0.05, 0) is 43.0 Å². The third-order valence-electron chi connectivity index (χ3n) is 4.90. The molecule has 0 aliphatic rings. The monoisotopic (exact) mass is 387 g/mol. The van der Waals surface area contributed by atoms with Crippen molar-refractivity contribution < 1.29 is 9.21 Å². The van der Waals surface area contributed by atoms with Gasteiger partial charge in [0.2, 0.25) is 11.8 Å². The van der Waals surface area contributed by atoms with Gasteiger partial charge in [-0.3, -0.25) is 9.59 Å². The van der Waals surface area contributed by atoms with E-state index in [4.69, 9.17) is 4.42 Å². The molecule has 2 aromatic heterocycles. The van der Waals surface area contributed by atoms with E-state index in [1.807, 2.05) is 55.5 Å². The summed E-state index contributed by atoms with van der Waals surface area (Å²) in [6.07, 6.45) is 0.0900. The van der Waals surface area contributed by atoms with Gasteiger partial charge >= 0.3 is 0 Å². The Labute approximate surface area is 167 Å². The van der Waals surface area contributed by atoms with Crippen LogP contribution in [0.5, 0.6) is 0 Å². The molecule has 2 N–H and O–H groups in total. The zero-order valence-electron chi connectivity index (χ0n) is 16.3. The van der Waals surface area contributed by atoms with Crippen molar-refractivity contribution in [3.8, 4) is 11.5 Å². The van der Waals surface area contributed by atoms with E-state index in [1.165, 1.54) is 0 Å². The van der Waals surface area contributed by atoms with Crippen molar-refractivity contribution in [2.75, 3.05) is 0 Å². The van der Waals surface area contributed by atoms with Gasteiger partial charge in [0.25, 0.3) is 5.56 Å². The molecule has 29 heavy (non-hydrogen) atoms. The first-order valence-corrected chi connectivity index (χ1v) is 9.41. The second kappa shape index (κ2) is 7.75. The van der Waals surface area contributed by atoms with Crippen LogP contribution in [0, 0.1) is 13.8 Å². The first-order chi connectivity index (χ1) is 14.0. The highest BCUT2D eigenvalue weighted by molar-refractivity contribution is 5.80. The largest absolute Gasteiger partial charge is 0.441 e. The number of pyridine rings is 1. The average Bonchev–Trinajstić information content (AvgIpc) is 3.06. The predicted octanol–water partition coefficient (Wildman–Crippen LogP) is 3.66. The molecule has 0 aliphatic heterocycles. The molecule has 4 aromatic rings. The van der Waals surface area contributed by atoms with E-state index >= 15 is 0 Å². The van der Waals surface area contributed by atoms with E-state index in [0.717, 1.165) is 22.0 Å². The van der Waals surface area contributed by atoms with Gasteiger partial charge in [0.15, 0.2) is 0 Å². The van der Waals surface area contributed by atoms with Crippen molar-refractivity contribution in [2.45, 2.75) is 26.8 Å². The van der Waals surface area contributed by atoms with Crippen molar-refractivity contribution in [2.24, 2.45) is 0 Å². The van der Waals surface area contributed by atoms with Crippen molar-refractivity contribution in [1.82, 2.24) is 15.3 Å². The number of carbonyl (C=O) groups is 1. The highest BCUT2D eigenvalue weighted by Gasteiger charge is 2.16. The van der Waals surface area contributed by atoms with Gasteiger partial charge in [0.05, 0.1) is 12.1 Å². The van der Waals surface area contributed by atoms with Gasteiger partial charge < -0.3 is 14.7 Å². The molecule has 0 bridgehead atoms. The van der Waals surface area contributed by atoms with Crippen molar-refractivity contribution in [1.29, 1.82) is 0 Å². The number of hydrogen-bond donors (Lipinski definition) is 2. The lowest BCUT2D eigenvalue weighted by molar-refractivity contribution is -0.120. The third-order valence-corrected chi connectivity index (χ3v) is 4.90.